The molecule has 7 heteroatoms. The van der Waals surface area contributed by atoms with Crippen LogP contribution in [0, 0.1) is 5.82 Å². The third-order valence-corrected chi connectivity index (χ3v) is 5.49. The molecule has 2 rings (SSSR count). The van der Waals surface area contributed by atoms with E-state index in [9.17, 15) is 12.8 Å². The second-order valence-electron chi connectivity index (χ2n) is 5.05. The molecular formula is C14H21FN2O3S. The predicted molar refractivity (Wildman–Crippen MR) is 77.7 cm³/mol. The zero-order valence-corrected chi connectivity index (χ0v) is 12.9. The van der Waals surface area contributed by atoms with Gasteiger partial charge in [0.05, 0.1) is 6.10 Å². The number of benzene rings is 1. The van der Waals surface area contributed by atoms with E-state index >= 15 is 0 Å². The molecule has 1 fully saturated rings. The topological polar surface area (TPSA) is 72.6 Å². The molecule has 1 aromatic carbocycles. The van der Waals surface area contributed by atoms with Crippen molar-refractivity contribution in [2.24, 2.45) is 5.73 Å². The van der Waals surface area contributed by atoms with Crippen molar-refractivity contribution in [1.82, 2.24) is 4.31 Å². The van der Waals surface area contributed by atoms with Crippen LogP contribution in [0.3, 0.4) is 0 Å². The maximum Gasteiger partial charge on any atom is 0.246 e. The van der Waals surface area contributed by atoms with E-state index in [1.54, 1.807) is 6.07 Å². The number of rotatable bonds is 5. The Bertz CT molecular complexity index is 590. The SMILES string of the molecule is CCOC1CCCN(S(=O)(=O)c2ccc(CN)cc2F)C1. The van der Waals surface area contributed by atoms with E-state index in [4.69, 9.17) is 10.5 Å². The predicted octanol–water partition coefficient (Wildman–Crippen LogP) is 1.47. The molecular weight excluding hydrogens is 295 g/mol. The molecule has 1 unspecified atom stereocenters. The van der Waals surface area contributed by atoms with Crippen LogP contribution >= 0.6 is 0 Å². The summed E-state index contributed by atoms with van der Waals surface area (Å²) in [7, 11) is -3.83. The van der Waals surface area contributed by atoms with Crippen LogP contribution in [-0.4, -0.2) is 38.5 Å². The van der Waals surface area contributed by atoms with Crippen LogP contribution in [0.1, 0.15) is 25.3 Å². The first-order valence-corrected chi connectivity index (χ1v) is 8.53. The maximum atomic E-state index is 14.0. The van der Waals surface area contributed by atoms with Gasteiger partial charge in [-0.3, -0.25) is 0 Å². The lowest BCUT2D eigenvalue weighted by Crippen LogP contribution is -2.43. The Hall–Kier alpha value is -1.02. The summed E-state index contributed by atoms with van der Waals surface area (Å²) in [6, 6.07) is 4.01. The minimum atomic E-state index is -3.83. The average molecular weight is 316 g/mol. The van der Waals surface area contributed by atoms with E-state index in [0.717, 1.165) is 6.42 Å². The zero-order valence-electron chi connectivity index (χ0n) is 12.1. The van der Waals surface area contributed by atoms with Gasteiger partial charge in [-0.2, -0.15) is 4.31 Å². The summed E-state index contributed by atoms with van der Waals surface area (Å²) < 4.78 is 46.0. The average Bonchev–Trinajstić information content (AvgIpc) is 2.47. The van der Waals surface area contributed by atoms with Crippen LogP contribution in [0.2, 0.25) is 0 Å². The highest BCUT2D eigenvalue weighted by Gasteiger charge is 2.32. The summed E-state index contributed by atoms with van der Waals surface area (Å²) in [5, 5.41) is 0. The Labute approximate surface area is 124 Å². The number of hydrogen-bond acceptors (Lipinski definition) is 4. The van der Waals surface area contributed by atoms with Crippen molar-refractivity contribution in [1.29, 1.82) is 0 Å². The number of hydrogen-bond donors (Lipinski definition) is 1. The Morgan fingerprint density at radius 3 is 2.86 bits per heavy atom. The number of piperidine rings is 1. The van der Waals surface area contributed by atoms with E-state index < -0.39 is 15.8 Å². The largest absolute Gasteiger partial charge is 0.377 e. The molecule has 0 aliphatic carbocycles. The Kier molecular flexibility index (Phi) is 5.32. The van der Waals surface area contributed by atoms with Gasteiger partial charge in [0.25, 0.3) is 0 Å². The normalized spacial score (nSPS) is 20.6. The fourth-order valence-corrected chi connectivity index (χ4v) is 4.07. The van der Waals surface area contributed by atoms with Gasteiger partial charge >= 0.3 is 0 Å². The lowest BCUT2D eigenvalue weighted by molar-refractivity contribution is 0.0264. The minimum absolute atomic E-state index is 0.120. The highest BCUT2D eigenvalue weighted by molar-refractivity contribution is 7.89. The molecule has 0 amide bonds. The first kappa shape index (κ1) is 16.4. The molecule has 0 spiro atoms. The number of nitrogens with two attached hydrogens (primary N) is 1. The van der Waals surface area contributed by atoms with Crippen LogP contribution in [0.4, 0.5) is 4.39 Å². The molecule has 0 aromatic heterocycles. The van der Waals surface area contributed by atoms with Crippen LogP contribution in [0.15, 0.2) is 23.1 Å². The molecule has 0 saturated carbocycles. The van der Waals surface area contributed by atoms with E-state index in [-0.39, 0.29) is 24.1 Å². The molecule has 1 aliphatic heterocycles. The molecule has 1 atom stereocenters. The fourth-order valence-electron chi connectivity index (χ4n) is 2.51. The van der Waals surface area contributed by atoms with Gasteiger partial charge in [-0.15, -0.1) is 0 Å². The summed E-state index contributed by atoms with van der Waals surface area (Å²) in [5.41, 5.74) is 6.00. The molecule has 5 nitrogen and oxygen atoms in total. The lowest BCUT2D eigenvalue weighted by atomic mass is 10.1. The second-order valence-corrected chi connectivity index (χ2v) is 6.96. The van der Waals surface area contributed by atoms with Gasteiger partial charge in [0.15, 0.2) is 0 Å². The molecule has 2 N–H and O–H groups in total. The summed E-state index contributed by atoms with van der Waals surface area (Å²) in [6.45, 7) is 3.25. The van der Waals surface area contributed by atoms with E-state index in [2.05, 4.69) is 0 Å². The number of ether oxygens (including phenoxy) is 1. The highest BCUT2D eigenvalue weighted by atomic mass is 32.2. The van der Waals surface area contributed by atoms with E-state index in [1.165, 1.54) is 16.4 Å². The van der Waals surface area contributed by atoms with Crippen LogP contribution in [0.5, 0.6) is 0 Å². The molecule has 21 heavy (non-hydrogen) atoms. The Balaban J connectivity index is 2.25. The maximum absolute atomic E-state index is 14.0. The van der Waals surface area contributed by atoms with Crippen LogP contribution in [0.25, 0.3) is 0 Å². The van der Waals surface area contributed by atoms with Crippen molar-refractivity contribution >= 4 is 10.0 Å². The van der Waals surface area contributed by atoms with Crippen molar-refractivity contribution in [3.8, 4) is 0 Å². The quantitative estimate of drug-likeness (QED) is 0.893. The van der Waals surface area contributed by atoms with Gasteiger partial charge in [-0.05, 0) is 37.5 Å². The highest BCUT2D eigenvalue weighted by Crippen LogP contribution is 2.24. The van der Waals surface area contributed by atoms with Crippen molar-refractivity contribution in [2.75, 3.05) is 19.7 Å². The Morgan fingerprint density at radius 1 is 1.48 bits per heavy atom. The smallest absolute Gasteiger partial charge is 0.246 e. The molecule has 1 aromatic rings. The van der Waals surface area contributed by atoms with Crippen LogP contribution < -0.4 is 5.73 Å². The lowest BCUT2D eigenvalue weighted by Gasteiger charge is -2.31. The number of nitrogens with zero attached hydrogens (tertiary/aromatic N) is 1. The summed E-state index contributed by atoms with van der Waals surface area (Å²) >= 11 is 0. The van der Waals surface area contributed by atoms with Crippen LogP contribution in [-0.2, 0) is 21.3 Å². The summed E-state index contributed by atoms with van der Waals surface area (Å²) in [6.07, 6.45) is 1.42. The Morgan fingerprint density at radius 2 is 2.24 bits per heavy atom. The van der Waals surface area contributed by atoms with Gasteiger partial charge in [-0.1, -0.05) is 6.07 Å². The molecule has 1 heterocycles. The summed E-state index contributed by atoms with van der Waals surface area (Å²) in [4.78, 5) is -0.295. The second kappa shape index (κ2) is 6.83. The first-order chi connectivity index (χ1) is 9.98. The third kappa shape index (κ3) is 3.60. The van der Waals surface area contributed by atoms with Crippen molar-refractivity contribution in [3.63, 3.8) is 0 Å². The van der Waals surface area contributed by atoms with Crippen molar-refractivity contribution in [2.45, 2.75) is 37.3 Å². The number of sulfonamides is 1. The van der Waals surface area contributed by atoms with E-state index in [0.29, 0.717) is 25.1 Å². The standard InChI is InChI=1S/C14H21FN2O3S/c1-2-20-12-4-3-7-17(10-12)21(18,19)14-6-5-11(9-16)8-13(14)15/h5-6,8,12H,2-4,7,9-10,16H2,1H3. The number of halogens is 1. The van der Waals surface area contributed by atoms with Gasteiger partial charge in [-0.25, -0.2) is 12.8 Å². The van der Waals surface area contributed by atoms with Crippen molar-refractivity contribution < 1.29 is 17.5 Å². The van der Waals surface area contributed by atoms with Gasteiger partial charge in [0.2, 0.25) is 10.0 Å². The fraction of sp³-hybridized carbons (Fsp3) is 0.571. The first-order valence-electron chi connectivity index (χ1n) is 7.09. The molecule has 1 saturated heterocycles. The monoisotopic (exact) mass is 316 g/mol. The zero-order chi connectivity index (χ0) is 15.5. The minimum Gasteiger partial charge on any atom is -0.377 e. The third-order valence-electron chi connectivity index (χ3n) is 3.59. The van der Waals surface area contributed by atoms with Gasteiger partial charge < -0.3 is 10.5 Å². The van der Waals surface area contributed by atoms with Crippen molar-refractivity contribution in [3.05, 3.63) is 29.6 Å². The van der Waals surface area contributed by atoms with Gasteiger partial charge in [0, 0.05) is 26.2 Å². The molecule has 0 radical (unpaired) electrons. The summed E-state index contributed by atoms with van der Waals surface area (Å²) in [5.74, 6) is -0.753. The molecule has 0 bridgehead atoms. The molecule has 1 aliphatic rings. The van der Waals surface area contributed by atoms with E-state index in [1.807, 2.05) is 6.92 Å². The van der Waals surface area contributed by atoms with Gasteiger partial charge in [0.1, 0.15) is 10.7 Å². The molecule has 118 valence electrons.